The lowest BCUT2D eigenvalue weighted by Gasteiger charge is -2.37. The quantitative estimate of drug-likeness (QED) is 0.821. The molecule has 1 unspecified atom stereocenters. The Morgan fingerprint density at radius 1 is 1.41 bits per heavy atom. The molecule has 2 heterocycles. The van der Waals surface area contributed by atoms with Crippen LogP contribution in [0.25, 0.3) is 0 Å². The van der Waals surface area contributed by atoms with E-state index in [9.17, 15) is 14.0 Å². The summed E-state index contributed by atoms with van der Waals surface area (Å²) in [4.78, 5) is 26.4. The summed E-state index contributed by atoms with van der Waals surface area (Å²) in [6.45, 7) is 4.12. The maximum Gasteiger partial charge on any atom is 0.231 e. The molecule has 0 aromatic heterocycles. The van der Waals surface area contributed by atoms with E-state index in [1.54, 1.807) is 6.07 Å². The molecule has 1 fully saturated rings. The van der Waals surface area contributed by atoms with Gasteiger partial charge in [0.2, 0.25) is 11.8 Å². The number of anilines is 1. The van der Waals surface area contributed by atoms with Crippen molar-refractivity contribution < 1.29 is 14.0 Å². The van der Waals surface area contributed by atoms with Crippen molar-refractivity contribution >= 4 is 29.9 Å². The number of carbonyl (C=O) groups is 2. The summed E-state index contributed by atoms with van der Waals surface area (Å²) in [5.74, 6) is -1.23. The fourth-order valence-electron chi connectivity index (χ4n) is 3.03. The van der Waals surface area contributed by atoms with Crippen LogP contribution in [-0.2, 0) is 9.59 Å². The lowest BCUT2D eigenvalue weighted by atomic mass is 9.88. The first kappa shape index (κ1) is 16.7. The van der Waals surface area contributed by atoms with Crippen LogP contribution in [0.5, 0.6) is 0 Å². The van der Waals surface area contributed by atoms with Crippen molar-refractivity contribution in [3.63, 3.8) is 0 Å². The van der Waals surface area contributed by atoms with Gasteiger partial charge in [-0.3, -0.25) is 9.59 Å². The van der Waals surface area contributed by atoms with E-state index in [-0.39, 0.29) is 36.7 Å². The molecular weight excluding hydrogens is 309 g/mol. The van der Waals surface area contributed by atoms with Crippen LogP contribution < -0.4 is 10.6 Å². The molecule has 1 aromatic rings. The minimum Gasteiger partial charge on any atom is -0.337 e. The van der Waals surface area contributed by atoms with Crippen molar-refractivity contribution in [2.45, 2.75) is 25.3 Å². The van der Waals surface area contributed by atoms with Crippen LogP contribution in [-0.4, -0.2) is 42.4 Å². The normalized spacial score (nSPS) is 24.1. The van der Waals surface area contributed by atoms with E-state index in [1.165, 1.54) is 12.1 Å². The summed E-state index contributed by atoms with van der Waals surface area (Å²) in [7, 11) is 0. The number of halogens is 2. The van der Waals surface area contributed by atoms with Gasteiger partial charge in [-0.05, 0) is 24.6 Å². The Balaban J connectivity index is 0.00000176. The second kappa shape index (κ2) is 6.62. The zero-order valence-electron chi connectivity index (χ0n) is 12.3. The third-order valence-corrected chi connectivity index (χ3v) is 4.14. The lowest BCUT2D eigenvalue weighted by Crippen LogP contribution is -2.54. The van der Waals surface area contributed by atoms with Gasteiger partial charge in [0.05, 0.1) is 5.92 Å². The van der Waals surface area contributed by atoms with Crippen molar-refractivity contribution in [3.05, 3.63) is 29.6 Å². The fourth-order valence-corrected chi connectivity index (χ4v) is 3.03. The highest BCUT2D eigenvalue weighted by molar-refractivity contribution is 6.01. The third kappa shape index (κ3) is 3.08. The monoisotopic (exact) mass is 327 g/mol. The van der Waals surface area contributed by atoms with E-state index in [4.69, 9.17) is 0 Å². The average molecular weight is 328 g/mol. The number of amides is 2. The molecule has 2 N–H and O–H groups in total. The Morgan fingerprint density at radius 2 is 2.18 bits per heavy atom. The number of carbonyl (C=O) groups excluding carboxylic acids is 2. The van der Waals surface area contributed by atoms with Crippen molar-refractivity contribution in [1.29, 1.82) is 0 Å². The second-order valence-electron chi connectivity index (χ2n) is 5.62. The van der Waals surface area contributed by atoms with Gasteiger partial charge in [0.1, 0.15) is 5.82 Å². The number of rotatable bonds is 1. The maximum absolute atomic E-state index is 13.3. The minimum atomic E-state index is -0.519. The van der Waals surface area contributed by atoms with E-state index >= 15 is 0 Å². The van der Waals surface area contributed by atoms with Gasteiger partial charge < -0.3 is 15.5 Å². The number of nitrogens with one attached hydrogen (secondary N) is 2. The van der Waals surface area contributed by atoms with Crippen LogP contribution in [0.2, 0.25) is 0 Å². The minimum absolute atomic E-state index is 0. The molecule has 7 heteroatoms. The van der Waals surface area contributed by atoms with Gasteiger partial charge in [-0.1, -0.05) is 6.07 Å². The number of nitrogens with zero attached hydrogens (tertiary/aromatic N) is 1. The molecule has 3 rings (SSSR count). The number of hydrogen-bond donors (Lipinski definition) is 2. The van der Waals surface area contributed by atoms with E-state index in [0.29, 0.717) is 17.8 Å². The maximum atomic E-state index is 13.3. The predicted octanol–water partition coefficient (Wildman–Crippen LogP) is 1.49. The zero-order valence-corrected chi connectivity index (χ0v) is 13.1. The van der Waals surface area contributed by atoms with E-state index in [1.807, 2.05) is 11.8 Å². The molecule has 2 amide bonds. The van der Waals surface area contributed by atoms with Crippen LogP contribution in [0.4, 0.5) is 10.1 Å². The molecule has 5 nitrogen and oxygen atoms in total. The van der Waals surface area contributed by atoms with Crippen LogP contribution in [0, 0.1) is 5.82 Å². The van der Waals surface area contributed by atoms with Crippen LogP contribution in [0.1, 0.15) is 24.8 Å². The lowest BCUT2D eigenvalue weighted by molar-refractivity contribution is -0.137. The Hall–Kier alpha value is -1.66. The van der Waals surface area contributed by atoms with E-state index < -0.39 is 11.7 Å². The molecule has 1 saturated heterocycles. The molecule has 0 spiro atoms. The van der Waals surface area contributed by atoms with E-state index in [0.717, 1.165) is 13.1 Å². The topological polar surface area (TPSA) is 61.4 Å². The Bertz CT molecular complexity index is 596. The summed E-state index contributed by atoms with van der Waals surface area (Å²) in [5.41, 5.74) is 1.11. The molecule has 2 aliphatic rings. The number of benzene rings is 1. The molecule has 0 bridgehead atoms. The molecule has 1 aromatic carbocycles. The number of hydrogen-bond acceptors (Lipinski definition) is 3. The zero-order chi connectivity index (χ0) is 15.0. The summed E-state index contributed by atoms with van der Waals surface area (Å²) >= 11 is 0. The standard InChI is InChI=1S/C15H18FN3O2.ClH/c1-9-8-17-4-5-19(9)15(21)12-7-14(20)18-13-6-10(16)2-3-11(12)13;/h2-3,6,9,12,17H,4-5,7-8H2,1H3,(H,18,20);1H/t9-,12?;/m0./s1. The van der Waals surface area contributed by atoms with Crippen LogP contribution in [0.15, 0.2) is 18.2 Å². The van der Waals surface area contributed by atoms with Gasteiger partial charge >= 0.3 is 0 Å². The molecule has 2 aliphatic heterocycles. The first-order chi connectivity index (χ1) is 10.1. The summed E-state index contributed by atoms with van der Waals surface area (Å²) in [6.07, 6.45) is 0.119. The van der Waals surface area contributed by atoms with Crippen molar-refractivity contribution in [1.82, 2.24) is 10.2 Å². The van der Waals surface area contributed by atoms with Gasteiger partial charge in [-0.25, -0.2) is 4.39 Å². The van der Waals surface area contributed by atoms with Gasteiger partial charge in [-0.2, -0.15) is 0 Å². The summed E-state index contributed by atoms with van der Waals surface area (Å²) in [5, 5.41) is 5.87. The Morgan fingerprint density at radius 3 is 2.91 bits per heavy atom. The Kier molecular flexibility index (Phi) is 5.03. The van der Waals surface area contributed by atoms with Gasteiger partial charge in [0, 0.05) is 37.8 Å². The predicted molar refractivity (Wildman–Crippen MR) is 83.7 cm³/mol. The van der Waals surface area contributed by atoms with Crippen LogP contribution in [0.3, 0.4) is 0 Å². The molecule has 22 heavy (non-hydrogen) atoms. The number of fused-ring (bicyclic) bond motifs is 1. The highest BCUT2D eigenvalue weighted by atomic mass is 35.5. The Labute approximate surface area is 134 Å². The van der Waals surface area contributed by atoms with E-state index in [2.05, 4.69) is 10.6 Å². The highest BCUT2D eigenvalue weighted by Gasteiger charge is 2.35. The largest absolute Gasteiger partial charge is 0.337 e. The van der Waals surface area contributed by atoms with Crippen molar-refractivity contribution in [2.75, 3.05) is 25.0 Å². The summed E-state index contributed by atoms with van der Waals surface area (Å²) < 4.78 is 13.3. The summed E-state index contributed by atoms with van der Waals surface area (Å²) in [6, 6.07) is 4.30. The average Bonchev–Trinajstić information content (AvgIpc) is 2.45. The fraction of sp³-hybridized carbons (Fsp3) is 0.467. The molecular formula is C15H19ClFN3O2. The first-order valence-corrected chi connectivity index (χ1v) is 7.17. The SMILES string of the molecule is C[C@H]1CNCCN1C(=O)C1CC(=O)Nc2cc(F)ccc21.Cl. The molecule has 2 atom stereocenters. The molecule has 120 valence electrons. The molecule has 0 radical (unpaired) electrons. The van der Waals surface area contributed by atoms with Crippen molar-refractivity contribution in [2.24, 2.45) is 0 Å². The van der Waals surface area contributed by atoms with Gasteiger partial charge in [0.25, 0.3) is 0 Å². The van der Waals surface area contributed by atoms with Gasteiger partial charge in [0.15, 0.2) is 0 Å². The van der Waals surface area contributed by atoms with Gasteiger partial charge in [-0.15, -0.1) is 12.4 Å². The van der Waals surface area contributed by atoms with Crippen LogP contribution >= 0.6 is 12.4 Å². The first-order valence-electron chi connectivity index (χ1n) is 7.17. The molecule has 0 saturated carbocycles. The molecule has 0 aliphatic carbocycles. The highest BCUT2D eigenvalue weighted by Crippen LogP contribution is 2.34. The van der Waals surface area contributed by atoms with Crippen molar-refractivity contribution in [3.8, 4) is 0 Å². The second-order valence-corrected chi connectivity index (χ2v) is 5.62. The smallest absolute Gasteiger partial charge is 0.231 e. The third-order valence-electron chi connectivity index (χ3n) is 4.14. The number of piperazine rings is 1.